The van der Waals surface area contributed by atoms with Gasteiger partial charge in [-0.3, -0.25) is 4.99 Å². The molecule has 2 aromatic carbocycles. The molecule has 6 nitrogen and oxygen atoms in total. The quantitative estimate of drug-likeness (QED) is 0.577. The van der Waals surface area contributed by atoms with Gasteiger partial charge in [-0.1, -0.05) is 18.2 Å². The van der Waals surface area contributed by atoms with Crippen molar-refractivity contribution in [1.29, 1.82) is 0 Å². The van der Waals surface area contributed by atoms with Crippen molar-refractivity contribution in [3.63, 3.8) is 0 Å². The first-order valence-corrected chi connectivity index (χ1v) is 8.90. The zero-order valence-corrected chi connectivity index (χ0v) is 15.5. The molecule has 3 rings (SSSR count). The number of ether oxygens (including phenoxy) is 3. The first-order valence-electron chi connectivity index (χ1n) is 8.90. The second-order valence-corrected chi connectivity index (χ2v) is 6.18. The molecule has 0 radical (unpaired) electrons. The average molecular weight is 373 g/mol. The molecule has 0 aliphatic carbocycles. The Labute approximate surface area is 158 Å². The van der Waals surface area contributed by atoms with Crippen molar-refractivity contribution in [2.24, 2.45) is 4.99 Å². The number of para-hydroxylation sites is 1. The highest BCUT2D eigenvalue weighted by atomic mass is 19.1. The van der Waals surface area contributed by atoms with Gasteiger partial charge in [0.15, 0.2) is 29.0 Å². The summed E-state index contributed by atoms with van der Waals surface area (Å²) in [5.74, 6) is 2.12. The molecular formula is C20H24FN3O3. The second kappa shape index (κ2) is 9.12. The number of nitrogens with zero attached hydrogens (tertiary/aromatic N) is 1. The van der Waals surface area contributed by atoms with Crippen LogP contribution in [-0.4, -0.2) is 39.0 Å². The summed E-state index contributed by atoms with van der Waals surface area (Å²) in [7, 11) is 1.71. The van der Waals surface area contributed by atoms with E-state index in [0.29, 0.717) is 19.0 Å². The number of fused-ring (bicyclic) bond motifs is 1. The fraction of sp³-hybridized carbons (Fsp3) is 0.350. The standard InChI is InChI=1S/C20H24FN3O3/c1-14(27-17-6-4-3-5-16(17)21)12-24-20(22-2)23-10-9-15-7-8-18-19(11-15)26-13-25-18/h3-8,11,14H,9-10,12-13H2,1-2H3,(H2,22,23,24). The molecule has 0 saturated heterocycles. The van der Waals surface area contributed by atoms with Gasteiger partial charge in [-0.25, -0.2) is 4.39 Å². The number of rotatable bonds is 7. The monoisotopic (exact) mass is 373 g/mol. The Morgan fingerprint density at radius 2 is 2.00 bits per heavy atom. The van der Waals surface area contributed by atoms with Crippen molar-refractivity contribution in [2.75, 3.05) is 26.9 Å². The van der Waals surface area contributed by atoms with Crippen molar-refractivity contribution >= 4 is 5.96 Å². The van der Waals surface area contributed by atoms with Crippen LogP contribution in [-0.2, 0) is 6.42 Å². The molecule has 1 atom stereocenters. The zero-order chi connectivity index (χ0) is 19.1. The topological polar surface area (TPSA) is 64.1 Å². The Balaban J connectivity index is 1.41. The number of benzene rings is 2. The summed E-state index contributed by atoms with van der Waals surface area (Å²) >= 11 is 0. The Morgan fingerprint density at radius 1 is 1.19 bits per heavy atom. The van der Waals surface area contributed by atoms with Gasteiger partial charge in [-0.15, -0.1) is 0 Å². The Morgan fingerprint density at radius 3 is 2.81 bits per heavy atom. The molecule has 1 aliphatic rings. The Kier molecular flexibility index (Phi) is 6.35. The molecule has 7 heteroatoms. The third-order valence-corrected chi connectivity index (χ3v) is 4.09. The molecule has 2 aromatic rings. The lowest BCUT2D eigenvalue weighted by atomic mass is 10.1. The summed E-state index contributed by atoms with van der Waals surface area (Å²) in [5, 5.41) is 6.44. The summed E-state index contributed by atoms with van der Waals surface area (Å²) in [5.41, 5.74) is 1.15. The molecule has 0 aromatic heterocycles. The van der Waals surface area contributed by atoms with Crippen LogP contribution < -0.4 is 24.8 Å². The van der Waals surface area contributed by atoms with Gasteiger partial charge in [0, 0.05) is 13.6 Å². The van der Waals surface area contributed by atoms with Crippen LogP contribution in [0.4, 0.5) is 4.39 Å². The molecule has 1 aliphatic heterocycles. The van der Waals surface area contributed by atoms with Crippen molar-refractivity contribution in [1.82, 2.24) is 10.6 Å². The van der Waals surface area contributed by atoms with E-state index in [4.69, 9.17) is 14.2 Å². The largest absolute Gasteiger partial charge is 0.486 e. The van der Waals surface area contributed by atoms with Crippen molar-refractivity contribution in [3.05, 3.63) is 53.8 Å². The highest BCUT2D eigenvalue weighted by Gasteiger charge is 2.13. The van der Waals surface area contributed by atoms with Gasteiger partial charge in [-0.05, 0) is 43.2 Å². The van der Waals surface area contributed by atoms with Crippen LogP contribution in [0.1, 0.15) is 12.5 Å². The molecule has 2 N–H and O–H groups in total. The lowest BCUT2D eigenvalue weighted by Crippen LogP contribution is -2.42. The van der Waals surface area contributed by atoms with Gasteiger partial charge in [0.05, 0.1) is 6.54 Å². The van der Waals surface area contributed by atoms with Crippen molar-refractivity contribution < 1.29 is 18.6 Å². The van der Waals surface area contributed by atoms with E-state index in [0.717, 1.165) is 23.5 Å². The van der Waals surface area contributed by atoms with E-state index in [1.54, 1.807) is 25.2 Å². The first kappa shape index (κ1) is 18.8. The second-order valence-electron chi connectivity index (χ2n) is 6.18. The smallest absolute Gasteiger partial charge is 0.231 e. The van der Waals surface area contributed by atoms with E-state index in [1.165, 1.54) is 6.07 Å². The maximum atomic E-state index is 13.6. The fourth-order valence-corrected chi connectivity index (χ4v) is 2.68. The van der Waals surface area contributed by atoms with E-state index < -0.39 is 0 Å². The van der Waals surface area contributed by atoms with Crippen LogP contribution in [0.25, 0.3) is 0 Å². The third kappa shape index (κ3) is 5.26. The molecule has 27 heavy (non-hydrogen) atoms. The molecule has 1 unspecified atom stereocenters. The predicted octanol–water partition coefficient (Wildman–Crippen LogP) is 2.73. The van der Waals surface area contributed by atoms with Crippen LogP contribution in [0.15, 0.2) is 47.5 Å². The number of nitrogens with one attached hydrogen (secondary N) is 2. The Bertz CT molecular complexity index is 798. The molecule has 0 saturated carbocycles. The summed E-state index contributed by atoms with van der Waals surface area (Å²) < 4.78 is 29.9. The highest BCUT2D eigenvalue weighted by Crippen LogP contribution is 2.32. The van der Waals surface area contributed by atoms with Gasteiger partial charge in [0.2, 0.25) is 6.79 Å². The molecule has 1 heterocycles. The van der Waals surface area contributed by atoms with Crippen LogP contribution in [0.2, 0.25) is 0 Å². The minimum absolute atomic E-state index is 0.214. The van der Waals surface area contributed by atoms with E-state index in [2.05, 4.69) is 15.6 Å². The van der Waals surface area contributed by atoms with E-state index in [9.17, 15) is 4.39 Å². The van der Waals surface area contributed by atoms with Gasteiger partial charge in [0.1, 0.15) is 6.10 Å². The summed E-state index contributed by atoms with van der Waals surface area (Å²) in [4.78, 5) is 4.19. The number of aliphatic imine (C=N–C) groups is 1. The summed E-state index contributed by atoms with van der Waals surface area (Å²) in [6.07, 6.45) is 0.604. The number of halogens is 1. The van der Waals surface area contributed by atoms with Crippen LogP contribution >= 0.6 is 0 Å². The SMILES string of the molecule is CN=C(NCCc1ccc2c(c1)OCO2)NCC(C)Oc1ccccc1F. The predicted molar refractivity (Wildman–Crippen MR) is 102 cm³/mol. The van der Waals surface area contributed by atoms with E-state index in [-0.39, 0.29) is 24.5 Å². The van der Waals surface area contributed by atoms with Crippen LogP contribution in [0, 0.1) is 5.82 Å². The molecule has 0 spiro atoms. The summed E-state index contributed by atoms with van der Waals surface area (Å²) in [6.45, 7) is 3.36. The normalized spacial score (nSPS) is 14.0. The number of guanidine groups is 1. The molecule has 0 fully saturated rings. The lowest BCUT2D eigenvalue weighted by molar-refractivity contribution is 0.174. The van der Waals surface area contributed by atoms with E-state index in [1.807, 2.05) is 25.1 Å². The van der Waals surface area contributed by atoms with Gasteiger partial charge < -0.3 is 24.8 Å². The number of hydrogen-bond acceptors (Lipinski definition) is 4. The maximum Gasteiger partial charge on any atom is 0.231 e. The van der Waals surface area contributed by atoms with Crippen molar-refractivity contribution in [2.45, 2.75) is 19.4 Å². The fourth-order valence-electron chi connectivity index (χ4n) is 2.68. The lowest BCUT2D eigenvalue weighted by Gasteiger charge is -2.18. The van der Waals surface area contributed by atoms with Gasteiger partial charge >= 0.3 is 0 Å². The van der Waals surface area contributed by atoms with Crippen molar-refractivity contribution in [3.8, 4) is 17.2 Å². The maximum absolute atomic E-state index is 13.6. The molecule has 144 valence electrons. The van der Waals surface area contributed by atoms with Crippen LogP contribution in [0.3, 0.4) is 0 Å². The minimum atomic E-state index is -0.365. The first-order chi connectivity index (χ1) is 13.2. The number of hydrogen-bond donors (Lipinski definition) is 2. The Hall–Kier alpha value is -2.96. The van der Waals surface area contributed by atoms with Gasteiger partial charge in [0.25, 0.3) is 0 Å². The highest BCUT2D eigenvalue weighted by molar-refractivity contribution is 5.79. The third-order valence-electron chi connectivity index (χ3n) is 4.09. The van der Waals surface area contributed by atoms with Crippen LogP contribution in [0.5, 0.6) is 17.2 Å². The molecular weight excluding hydrogens is 349 g/mol. The average Bonchev–Trinajstić information content (AvgIpc) is 3.14. The molecule has 0 bridgehead atoms. The van der Waals surface area contributed by atoms with E-state index >= 15 is 0 Å². The minimum Gasteiger partial charge on any atom is -0.486 e. The zero-order valence-electron chi connectivity index (χ0n) is 15.5. The molecule has 0 amide bonds. The summed E-state index contributed by atoms with van der Waals surface area (Å²) in [6, 6.07) is 12.3. The van der Waals surface area contributed by atoms with Gasteiger partial charge in [-0.2, -0.15) is 0 Å².